The molecule has 0 bridgehead atoms. The van der Waals surface area contributed by atoms with Crippen LogP contribution in [0.3, 0.4) is 0 Å². The van der Waals surface area contributed by atoms with E-state index in [9.17, 15) is 4.79 Å². The topological polar surface area (TPSA) is 77.6 Å². The second-order valence-corrected chi connectivity index (χ2v) is 5.60. The summed E-state index contributed by atoms with van der Waals surface area (Å²) in [6.07, 6.45) is 4.49. The number of amides is 1. The smallest absolute Gasteiger partial charge is 0.252 e. The van der Waals surface area contributed by atoms with E-state index in [1.807, 2.05) is 43.9 Å². The molecule has 0 saturated heterocycles. The number of carbonyl (C=O) groups excluding carboxylic acids is 1. The third-order valence-electron chi connectivity index (χ3n) is 3.75. The molecule has 0 spiro atoms. The first-order valence-electron chi connectivity index (χ1n) is 7.63. The third-order valence-corrected chi connectivity index (χ3v) is 3.75. The molecule has 0 aliphatic heterocycles. The summed E-state index contributed by atoms with van der Waals surface area (Å²) in [4.78, 5) is 17.0. The molecule has 0 atom stereocenters. The summed E-state index contributed by atoms with van der Waals surface area (Å²) in [6, 6.07) is 3.71. The van der Waals surface area contributed by atoms with Gasteiger partial charge in [-0.05, 0) is 32.4 Å². The summed E-state index contributed by atoms with van der Waals surface area (Å²) in [5.41, 5.74) is 3.00. The van der Waals surface area contributed by atoms with Gasteiger partial charge in [-0.3, -0.25) is 14.2 Å². The molecule has 23 heavy (non-hydrogen) atoms. The fourth-order valence-corrected chi connectivity index (χ4v) is 2.72. The highest BCUT2D eigenvalue weighted by molar-refractivity contribution is 6.06. The van der Waals surface area contributed by atoms with Crippen LogP contribution in [0.5, 0.6) is 0 Å². The maximum Gasteiger partial charge on any atom is 0.252 e. The van der Waals surface area contributed by atoms with Crippen LogP contribution in [0.2, 0.25) is 0 Å². The number of fused-ring (bicyclic) bond motifs is 1. The molecule has 0 aliphatic carbocycles. The van der Waals surface area contributed by atoms with Crippen molar-refractivity contribution in [3.05, 3.63) is 41.5 Å². The number of pyridine rings is 1. The van der Waals surface area contributed by atoms with Crippen molar-refractivity contribution in [1.82, 2.24) is 29.9 Å². The van der Waals surface area contributed by atoms with Gasteiger partial charge in [-0.15, -0.1) is 0 Å². The number of rotatable bonds is 5. The van der Waals surface area contributed by atoms with E-state index < -0.39 is 0 Å². The van der Waals surface area contributed by atoms with E-state index >= 15 is 0 Å². The Balaban J connectivity index is 1.73. The largest absolute Gasteiger partial charge is 0.352 e. The van der Waals surface area contributed by atoms with Crippen molar-refractivity contribution in [2.45, 2.75) is 26.8 Å². The summed E-state index contributed by atoms with van der Waals surface area (Å²) in [6.45, 7) is 5.16. The standard InChI is InChI=1S/C16H20N6O/c1-11-10-13(14-12(2)20-21(3)15(14)19-11)16(23)17-6-4-8-22-9-5-7-18-22/h5,7,9-10H,4,6,8H2,1-3H3,(H,17,23). The lowest BCUT2D eigenvalue weighted by Gasteiger charge is -2.08. The number of nitrogens with zero attached hydrogens (tertiary/aromatic N) is 5. The molecule has 3 heterocycles. The lowest BCUT2D eigenvalue weighted by Crippen LogP contribution is -2.25. The summed E-state index contributed by atoms with van der Waals surface area (Å²) in [5, 5.41) is 12.3. The highest BCUT2D eigenvalue weighted by Crippen LogP contribution is 2.21. The minimum absolute atomic E-state index is 0.0861. The van der Waals surface area contributed by atoms with Crippen molar-refractivity contribution in [2.24, 2.45) is 7.05 Å². The number of hydrogen-bond donors (Lipinski definition) is 1. The van der Waals surface area contributed by atoms with Gasteiger partial charge in [0.2, 0.25) is 0 Å². The first-order chi connectivity index (χ1) is 11.1. The van der Waals surface area contributed by atoms with Crippen LogP contribution in [-0.2, 0) is 13.6 Å². The maximum atomic E-state index is 12.5. The van der Waals surface area contributed by atoms with Crippen LogP contribution in [0.25, 0.3) is 11.0 Å². The average Bonchev–Trinajstić information content (AvgIpc) is 3.12. The van der Waals surface area contributed by atoms with Crippen LogP contribution in [0, 0.1) is 13.8 Å². The van der Waals surface area contributed by atoms with Crippen molar-refractivity contribution < 1.29 is 4.79 Å². The molecular weight excluding hydrogens is 292 g/mol. The van der Waals surface area contributed by atoms with Crippen LogP contribution < -0.4 is 5.32 Å². The molecule has 7 nitrogen and oxygen atoms in total. The number of aromatic nitrogens is 5. The number of hydrogen-bond acceptors (Lipinski definition) is 4. The van der Waals surface area contributed by atoms with Gasteiger partial charge in [0.05, 0.1) is 16.6 Å². The van der Waals surface area contributed by atoms with Crippen LogP contribution in [0.15, 0.2) is 24.5 Å². The Morgan fingerprint density at radius 1 is 1.35 bits per heavy atom. The lowest BCUT2D eigenvalue weighted by molar-refractivity contribution is 0.0954. The molecule has 3 aromatic heterocycles. The number of aryl methyl sites for hydroxylation is 4. The Morgan fingerprint density at radius 3 is 2.91 bits per heavy atom. The monoisotopic (exact) mass is 312 g/mol. The molecule has 120 valence electrons. The van der Waals surface area contributed by atoms with Crippen molar-refractivity contribution in [1.29, 1.82) is 0 Å². The fraction of sp³-hybridized carbons (Fsp3) is 0.375. The highest BCUT2D eigenvalue weighted by Gasteiger charge is 2.17. The van der Waals surface area contributed by atoms with Crippen LogP contribution >= 0.6 is 0 Å². The Hall–Kier alpha value is -2.70. The van der Waals surface area contributed by atoms with Crippen molar-refractivity contribution in [3.63, 3.8) is 0 Å². The quantitative estimate of drug-likeness (QED) is 0.726. The molecule has 0 aromatic carbocycles. The van der Waals surface area contributed by atoms with E-state index in [0.29, 0.717) is 12.1 Å². The van der Waals surface area contributed by atoms with Gasteiger partial charge in [0.1, 0.15) is 0 Å². The maximum absolute atomic E-state index is 12.5. The van der Waals surface area contributed by atoms with Gasteiger partial charge >= 0.3 is 0 Å². The molecule has 3 rings (SSSR count). The van der Waals surface area contributed by atoms with Gasteiger partial charge < -0.3 is 5.32 Å². The summed E-state index contributed by atoms with van der Waals surface area (Å²) >= 11 is 0. The second kappa shape index (κ2) is 6.20. The van der Waals surface area contributed by atoms with Crippen LogP contribution in [0.4, 0.5) is 0 Å². The van der Waals surface area contributed by atoms with Gasteiger partial charge in [-0.25, -0.2) is 4.98 Å². The van der Waals surface area contributed by atoms with Gasteiger partial charge in [-0.1, -0.05) is 0 Å². The lowest BCUT2D eigenvalue weighted by atomic mass is 10.1. The summed E-state index contributed by atoms with van der Waals surface area (Å²) in [5.74, 6) is -0.0861. The first kappa shape index (κ1) is 15.2. The van der Waals surface area contributed by atoms with Gasteiger partial charge in [0, 0.05) is 38.2 Å². The van der Waals surface area contributed by atoms with E-state index in [1.165, 1.54) is 0 Å². The molecule has 3 aromatic rings. The normalized spacial score (nSPS) is 11.1. The van der Waals surface area contributed by atoms with Gasteiger partial charge in [-0.2, -0.15) is 10.2 Å². The molecule has 0 fully saturated rings. The molecule has 0 radical (unpaired) electrons. The van der Waals surface area contributed by atoms with Crippen LogP contribution in [-0.4, -0.2) is 37.0 Å². The molecule has 0 saturated carbocycles. The summed E-state index contributed by atoms with van der Waals surface area (Å²) in [7, 11) is 1.84. The Morgan fingerprint density at radius 2 is 2.17 bits per heavy atom. The van der Waals surface area contributed by atoms with E-state index in [-0.39, 0.29) is 5.91 Å². The molecular formula is C16H20N6O. The predicted molar refractivity (Wildman–Crippen MR) is 87.2 cm³/mol. The van der Waals surface area contributed by atoms with E-state index in [2.05, 4.69) is 20.5 Å². The fourth-order valence-electron chi connectivity index (χ4n) is 2.72. The Kier molecular flexibility index (Phi) is 4.10. The molecule has 1 amide bonds. The Bertz CT molecular complexity index is 834. The minimum atomic E-state index is -0.0861. The van der Waals surface area contributed by atoms with Crippen LogP contribution in [0.1, 0.15) is 28.2 Å². The number of nitrogens with one attached hydrogen (secondary N) is 1. The highest BCUT2D eigenvalue weighted by atomic mass is 16.1. The Labute approximate surface area is 134 Å². The van der Waals surface area contributed by atoms with E-state index in [1.54, 1.807) is 10.9 Å². The molecule has 0 unspecified atom stereocenters. The predicted octanol–water partition coefficient (Wildman–Crippen LogP) is 1.60. The molecule has 7 heteroatoms. The first-order valence-corrected chi connectivity index (χ1v) is 7.63. The van der Waals surface area contributed by atoms with E-state index in [0.717, 1.165) is 35.4 Å². The van der Waals surface area contributed by atoms with Gasteiger partial charge in [0.25, 0.3) is 5.91 Å². The average molecular weight is 312 g/mol. The van der Waals surface area contributed by atoms with E-state index in [4.69, 9.17) is 0 Å². The second-order valence-electron chi connectivity index (χ2n) is 5.60. The minimum Gasteiger partial charge on any atom is -0.352 e. The SMILES string of the molecule is Cc1cc(C(=O)NCCCn2cccn2)c2c(C)nn(C)c2n1. The zero-order valence-electron chi connectivity index (χ0n) is 13.6. The van der Waals surface area contributed by atoms with Crippen molar-refractivity contribution in [2.75, 3.05) is 6.54 Å². The third kappa shape index (κ3) is 3.08. The number of carbonyl (C=O) groups is 1. The zero-order chi connectivity index (χ0) is 16.4. The van der Waals surface area contributed by atoms with Crippen molar-refractivity contribution in [3.8, 4) is 0 Å². The zero-order valence-corrected chi connectivity index (χ0v) is 13.6. The molecule has 1 N–H and O–H groups in total. The summed E-state index contributed by atoms with van der Waals surface area (Å²) < 4.78 is 3.57. The van der Waals surface area contributed by atoms with Gasteiger partial charge in [0.15, 0.2) is 5.65 Å². The van der Waals surface area contributed by atoms with Crippen molar-refractivity contribution >= 4 is 16.9 Å². The molecule has 0 aliphatic rings.